The van der Waals surface area contributed by atoms with E-state index in [4.69, 9.17) is 0 Å². The predicted octanol–water partition coefficient (Wildman–Crippen LogP) is 5.39. The third-order valence-corrected chi connectivity index (χ3v) is 2.92. The van der Waals surface area contributed by atoms with Gasteiger partial charge in [0.2, 0.25) is 0 Å². The van der Waals surface area contributed by atoms with Crippen LogP contribution in [0.15, 0.2) is 11.5 Å². The van der Waals surface area contributed by atoms with E-state index in [0.29, 0.717) is 0 Å². The van der Waals surface area contributed by atoms with Crippen molar-refractivity contribution >= 4 is 11.8 Å². The Labute approximate surface area is 94.6 Å². The Bertz CT molecular complexity index is 118. The summed E-state index contributed by atoms with van der Waals surface area (Å²) in [5.74, 6) is 0. The van der Waals surface area contributed by atoms with Crippen LogP contribution in [0.5, 0.6) is 0 Å². The number of thioether (sulfide) groups is 1. The second-order valence-corrected chi connectivity index (χ2v) is 4.61. The van der Waals surface area contributed by atoms with E-state index < -0.39 is 0 Å². The van der Waals surface area contributed by atoms with Gasteiger partial charge in [0.1, 0.15) is 0 Å². The quantitative estimate of drug-likeness (QED) is 0.439. The zero-order valence-corrected chi connectivity index (χ0v) is 10.7. The van der Waals surface area contributed by atoms with E-state index >= 15 is 0 Å². The zero-order chi connectivity index (χ0) is 10.5. The molecular formula is C13H26S. The number of unbranched alkanes of at least 4 members (excludes halogenated alkanes) is 8. The SMILES string of the molecule is CCCCCCCCCCC=CSC. The first-order valence-corrected chi connectivity index (χ1v) is 7.38. The first-order valence-electron chi connectivity index (χ1n) is 6.09. The second-order valence-electron chi connectivity index (χ2n) is 3.87. The van der Waals surface area contributed by atoms with E-state index in [1.54, 1.807) is 11.8 Å². The van der Waals surface area contributed by atoms with Crippen LogP contribution in [-0.2, 0) is 0 Å². The molecule has 0 aliphatic rings. The van der Waals surface area contributed by atoms with Gasteiger partial charge in [-0.15, -0.1) is 11.8 Å². The number of hydrogen-bond acceptors (Lipinski definition) is 1. The molecule has 0 bridgehead atoms. The average molecular weight is 214 g/mol. The molecule has 0 aliphatic carbocycles. The molecule has 0 aromatic heterocycles. The molecule has 0 spiro atoms. The molecule has 1 heteroatoms. The van der Waals surface area contributed by atoms with Crippen molar-refractivity contribution in [3.05, 3.63) is 11.5 Å². The molecule has 0 aromatic rings. The Morgan fingerprint density at radius 1 is 0.857 bits per heavy atom. The standard InChI is InChI=1S/C13H26S/c1-3-4-5-6-7-8-9-10-11-12-13-14-2/h12-13H,3-11H2,1-2H3. The highest BCUT2D eigenvalue weighted by Crippen LogP contribution is 2.10. The highest BCUT2D eigenvalue weighted by molar-refractivity contribution is 8.01. The van der Waals surface area contributed by atoms with Crippen molar-refractivity contribution in [1.82, 2.24) is 0 Å². The zero-order valence-electron chi connectivity index (χ0n) is 9.93. The molecule has 14 heavy (non-hydrogen) atoms. The van der Waals surface area contributed by atoms with E-state index in [1.807, 2.05) is 0 Å². The molecule has 0 nitrogen and oxygen atoms in total. The van der Waals surface area contributed by atoms with Gasteiger partial charge in [0.25, 0.3) is 0 Å². The molecule has 0 radical (unpaired) electrons. The van der Waals surface area contributed by atoms with Crippen molar-refractivity contribution in [3.63, 3.8) is 0 Å². The summed E-state index contributed by atoms with van der Waals surface area (Å²) in [5.41, 5.74) is 0. The van der Waals surface area contributed by atoms with Crippen molar-refractivity contribution in [1.29, 1.82) is 0 Å². The van der Waals surface area contributed by atoms with Crippen molar-refractivity contribution in [2.75, 3.05) is 6.26 Å². The topological polar surface area (TPSA) is 0 Å². The minimum absolute atomic E-state index is 1.27. The molecule has 0 atom stereocenters. The van der Waals surface area contributed by atoms with Crippen LogP contribution in [0.1, 0.15) is 64.7 Å². The fourth-order valence-electron chi connectivity index (χ4n) is 1.56. The van der Waals surface area contributed by atoms with Gasteiger partial charge in [-0.05, 0) is 24.5 Å². The third-order valence-electron chi connectivity index (χ3n) is 2.46. The predicted molar refractivity (Wildman–Crippen MR) is 69.9 cm³/mol. The van der Waals surface area contributed by atoms with Crippen molar-refractivity contribution < 1.29 is 0 Å². The summed E-state index contributed by atoms with van der Waals surface area (Å²) in [6.45, 7) is 2.28. The summed E-state index contributed by atoms with van der Waals surface area (Å²) in [4.78, 5) is 0. The van der Waals surface area contributed by atoms with Crippen LogP contribution >= 0.6 is 11.8 Å². The molecule has 0 heterocycles. The molecule has 0 saturated carbocycles. The number of allylic oxidation sites excluding steroid dienone is 1. The van der Waals surface area contributed by atoms with E-state index in [-0.39, 0.29) is 0 Å². The average Bonchev–Trinajstić information content (AvgIpc) is 2.21. The summed E-state index contributed by atoms with van der Waals surface area (Å²) >= 11 is 1.80. The Morgan fingerprint density at radius 3 is 2.00 bits per heavy atom. The van der Waals surface area contributed by atoms with Crippen molar-refractivity contribution in [3.8, 4) is 0 Å². The fourth-order valence-corrected chi connectivity index (χ4v) is 1.89. The van der Waals surface area contributed by atoms with Gasteiger partial charge in [0.15, 0.2) is 0 Å². The van der Waals surface area contributed by atoms with Crippen molar-refractivity contribution in [2.24, 2.45) is 0 Å². The lowest BCUT2D eigenvalue weighted by Gasteiger charge is -1.99. The minimum atomic E-state index is 1.27. The summed E-state index contributed by atoms with van der Waals surface area (Å²) in [7, 11) is 0. The van der Waals surface area contributed by atoms with Crippen LogP contribution in [0, 0.1) is 0 Å². The van der Waals surface area contributed by atoms with Gasteiger partial charge in [-0.2, -0.15) is 0 Å². The maximum absolute atomic E-state index is 2.29. The lowest BCUT2D eigenvalue weighted by Crippen LogP contribution is -1.79. The van der Waals surface area contributed by atoms with Crippen LogP contribution in [0.25, 0.3) is 0 Å². The maximum atomic E-state index is 2.29. The maximum Gasteiger partial charge on any atom is -0.0142 e. The fraction of sp³-hybridized carbons (Fsp3) is 0.846. The molecule has 0 aliphatic heterocycles. The molecule has 0 fully saturated rings. The van der Waals surface area contributed by atoms with E-state index in [1.165, 1.54) is 57.8 Å². The first kappa shape index (κ1) is 14.1. The van der Waals surface area contributed by atoms with E-state index in [2.05, 4.69) is 24.7 Å². The van der Waals surface area contributed by atoms with Crippen LogP contribution < -0.4 is 0 Å². The Hall–Kier alpha value is 0.0900. The Morgan fingerprint density at radius 2 is 1.43 bits per heavy atom. The Kier molecular flexibility index (Phi) is 13.2. The first-order chi connectivity index (χ1) is 6.91. The smallest absolute Gasteiger partial charge is 0.0142 e. The molecule has 0 amide bonds. The van der Waals surface area contributed by atoms with Crippen LogP contribution in [0.3, 0.4) is 0 Å². The van der Waals surface area contributed by atoms with Gasteiger partial charge in [-0.3, -0.25) is 0 Å². The number of rotatable bonds is 10. The normalized spacial score (nSPS) is 11.3. The van der Waals surface area contributed by atoms with E-state index in [0.717, 1.165) is 0 Å². The van der Waals surface area contributed by atoms with Gasteiger partial charge in [0.05, 0.1) is 0 Å². The summed E-state index contributed by atoms with van der Waals surface area (Å²) in [6.07, 6.45) is 17.1. The molecule has 0 aromatic carbocycles. The highest BCUT2D eigenvalue weighted by Gasteiger charge is 1.89. The van der Waals surface area contributed by atoms with Gasteiger partial charge < -0.3 is 0 Å². The Balaban J connectivity index is 2.88. The monoisotopic (exact) mass is 214 g/mol. The molecule has 0 unspecified atom stereocenters. The summed E-state index contributed by atoms with van der Waals surface area (Å²) in [5, 5.41) is 2.20. The van der Waals surface area contributed by atoms with E-state index in [9.17, 15) is 0 Å². The van der Waals surface area contributed by atoms with Gasteiger partial charge in [0, 0.05) is 0 Å². The van der Waals surface area contributed by atoms with Crippen LogP contribution in [-0.4, -0.2) is 6.26 Å². The largest absolute Gasteiger partial charge is 0.138 e. The second kappa shape index (κ2) is 13.1. The lowest BCUT2D eigenvalue weighted by atomic mass is 10.1. The van der Waals surface area contributed by atoms with Crippen LogP contribution in [0.4, 0.5) is 0 Å². The van der Waals surface area contributed by atoms with Gasteiger partial charge in [-0.1, -0.05) is 57.9 Å². The van der Waals surface area contributed by atoms with Crippen molar-refractivity contribution in [2.45, 2.75) is 64.7 Å². The number of hydrogen-bond donors (Lipinski definition) is 0. The third kappa shape index (κ3) is 12.1. The van der Waals surface area contributed by atoms with Gasteiger partial charge >= 0.3 is 0 Å². The minimum Gasteiger partial charge on any atom is -0.138 e. The molecule has 84 valence electrons. The molecular weight excluding hydrogens is 188 g/mol. The molecule has 0 N–H and O–H groups in total. The van der Waals surface area contributed by atoms with Crippen LogP contribution in [0.2, 0.25) is 0 Å². The highest BCUT2D eigenvalue weighted by atomic mass is 32.2. The molecule has 0 rings (SSSR count). The summed E-state index contributed by atoms with van der Waals surface area (Å²) in [6, 6.07) is 0. The molecule has 0 saturated heterocycles. The summed E-state index contributed by atoms with van der Waals surface area (Å²) < 4.78 is 0. The lowest BCUT2D eigenvalue weighted by molar-refractivity contribution is 0.578. The van der Waals surface area contributed by atoms with Gasteiger partial charge in [-0.25, -0.2) is 0 Å².